The summed E-state index contributed by atoms with van der Waals surface area (Å²) in [6.45, 7) is 7.70. The van der Waals surface area contributed by atoms with Gasteiger partial charge in [-0.15, -0.1) is 0 Å². The van der Waals surface area contributed by atoms with Crippen LogP contribution in [0.3, 0.4) is 0 Å². The molecular weight excluding hydrogens is 446 g/mol. The number of hydrogen-bond donors (Lipinski definition) is 1. The van der Waals surface area contributed by atoms with Crippen molar-refractivity contribution in [2.75, 3.05) is 54.6 Å². The van der Waals surface area contributed by atoms with Crippen molar-refractivity contribution in [1.29, 1.82) is 0 Å². The highest BCUT2D eigenvalue weighted by Gasteiger charge is 2.43. The van der Waals surface area contributed by atoms with Crippen molar-refractivity contribution >= 4 is 11.8 Å². The van der Waals surface area contributed by atoms with Gasteiger partial charge in [-0.05, 0) is 61.4 Å². The predicted octanol–water partition coefficient (Wildman–Crippen LogP) is 3.47. The number of hydrogen-bond acceptors (Lipinski definition) is 6. The molecule has 0 radical (unpaired) electrons. The van der Waals surface area contributed by atoms with E-state index < -0.39 is 12.0 Å². The third-order valence-electron chi connectivity index (χ3n) is 6.76. The van der Waals surface area contributed by atoms with Crippen LogP contribution in [0.5, 0.6) is 17.2 Å². The van der Waals surface area contributed by atoms with Gasteiger partial charge in [0.05, 0.1) is 33.3 Å². The third kappa shape index (κ3) is 5.53. The Labute approximate surface area is 208 Å². The Balaban J connectivity index is 2.00. The highest BCUT2D eigenvalue weighted by molar-refractivity contribution is 6.02. The van der Waals surface area contributed by atoms with Crippen LogP contribution in [0.15, 0.2) is 36.4 Å². The zero-order chi connectivity index (χ0) is 25.5. The number of methoxy groups -OCH3 is 3. The molecule has 2 aromatic carbocycles. The van der Waals surface area contributed by atoms with E-state index in [-0.39, 0.29) is 11.8 Å². The number of nitrogens with one attached hydrogen (secondary N) is 1. The Bertz CT molecular complexity index is 1020. The zero-order valence-electron chi connectivity index (χ0n) is 21.6. The van der Waals surface area contributed by atoms with Crippen molar-refractivity contribution in [3.63, 3.8) is 0 Å². The van der Waals surface area contributed by atoms with E-state index in [4.69, 9.17) is 14.2 Å². The molecule has 0 saturated carbocycles. The molecule has 35 heavy (non-hydrogen) atoms. The second kappa shape index (κ2) is 11.9. The van der Waals surface area contributed by atoms with Crippen LogP contribution in [0.25, 0.3) is 0 Å². The van der Waals surface area contributed by atoms with Gasteiger partial charge in [-0.2, -0.15) is 0 Å². The molecule has 1 aliphatic heterocycles. The van der Waals surface area contributed by atoms with Gasteiger partial charge < -0.3 is 29.3 Å². The Morgan fingerprint density at radius 3 is 2.20 bits per heavy atom. The van der Waals surface area contributed by atoms with Crippen LogP contribution in [-0.2, 0) is 4.79 Å². The molecule has 0 saturated heterocycles. The third-order valence-corrected chi connectivity index (χ3v) is 6.76. The lowest BCUT2D eigenvalue weighted by Gasteiger charge is -2.40. The fourth-order valence-electron chi connectivity index (χ4n) is 4.71. The maximum atomic E-state index is 13.7. The van der Waals surface area contributed by atoms with Gasteiger partial charge in [-0.1, -0.05) is 26.0 Å². The largest absolute Gasteiger partial charge is 0.497 e. The second-order valence-corrected chi connectivity index (χ2v) is 8.58. The molecule has 1 aliphatic rings. The maximum absolute atomic E-state index is 13.7. The number of ether oxygens (including phenoxy) is 3. The molecule has 8 heteroatoms. The molecule has 0 unspecified atom stereocenters. The minimum Gasteiger partial charge on any atom is -0.497 e. The van der Waals surface area contributed by atoms with Crippen LogP contribution in [-0.4, -0.2) is 76.2 Å². The van der Waals surface area contributed by atoms with Gasteiger partial charge in [0.25, 0.3) is 5.91 Å². The second-order valence-electron chi connectivity index (χ2n) is 8.58. The Morgan fingerprint density at radius 1 is 1.00 bits per heavy atom. The van der Waals surface area contributed by atoms with Gasteiger partial charge in [0.15, 0.2) is 11.5 Å². The zero-order valence-corrected chi connectivity index (χ0v) is 21.6. The van der Waals surface area contributed by atoms with Gasteiger partial charge in [-0.25, -0.2) is 0 Å². The van der Waals surface area contributed by atoms with E-state index in [9.17, 15) is 9.59 Å². The first-order valence-corrected chi connectivity index (χ1v) is 12.1. The average molecular weight is 484 g/mol. The van der Waals surface area contributed by atoms with E-state index in [2.05, 4.69) is 24.1 Å². The molecule has 8 nitrogen and oxygen atoms in total. The Kier molecular flexibility index (Phi) is 8.98. The number of benzene rings is 2. The smallest absolute Gasteiger partial charge is 0.254 e. The average Bonchev–Trinajstić information content (AvgIpc) is 2.89. The lowest BCUT2D eigenvalue weighted by atomic mass is 9.79. The number of rotatable bonds is 11. The van der Waals surface area contributed by atoms with Crippen LogP contribution in [0.1, 0.15) is 53.7 Å². The summed E-state index contributed by atoms with van der Waals surface area (Å²) in [7, 11) is 6.42. The summed E-state index contributed by atoms with van der Waals surface area (Å²) in [6.07, 6.45) is 0.848. The number of likely N-dealkylation sites (N-methyl/N-ethyl adjacent to an activating group) is 1. The van der Waals surface area contributed by atoms with Crippen LogP contribution in [0, 0.1) is 0 Å². The molecule has 0 spiro atoms. The van der Waals surface area contributed by atoms with E-state index in [1.807, 2.05) is 24.3 Å². The number of carbonyl (C=O) groups is 2. The summed E-state index contributed by atoms with van der Waals surface area (Å²) in [6, 6.07) is 10.4. The van der Waals surface area contributed by atoms with Crippen molar-refractivity contribution in [3.05, 3.63) is 53.1 Å². The SMILES string of the molecule is CCN(CC)CCCNC(=O)[C@@H]1c2cc(OC)c(OC)cc2C(=O)N(C)[C@@H]1c1ccc(OC)cc1. The number of amides is 2. The molecule has 2 atom stereocenters. The minimum absolute atomic E-state index is 0.127. The summed E-state index contributed by atoms with van der Waals surface area (Å²) in [5.41, 5.74) is 1.93. The van der Waals surface area contributed by atoms with E-state index in [0.29, 0.717) is 34.9 Å². The molecule has 2 aromatic rings. The van der Waals surface area contributed by atoms with Crippen molar-refractivity contribution < 1.29 is 23.8 Å². The number of fused-ring (bicyclic) bond motifs is 1. The number of nitrogens with zero attached hydrogens (tertiary/aromatic N) is 2. The molecule has 0 fully saturated rings. The van der Waals surface area contributed by atoms with E-state index in [0.717, 1.165) is 31.6 Å². The molecule has 2 amide bonds. The first kappa shape index (κ1) is 26.3. The Hall–Kier alpha value is -3.26. The minimum atomic E-state index is -0.616. The number of carbonyl (C=O) groups excluding carboxylic acids is 2. The fraction of sp³-hybridized carbons (Fsp3) is 0.481. The van der Waals surface area contributed by atoms with Gasteiger partial charge in [-0.3, -0.25) is 9.59 Å². The maximum Gasteiger partial charge on any atom is 0.254 e. The van der Waals surface area contributed by atoms with Crippen molar-refractivity contribution in [3.8, 4) is 17.2 Å². The highest BCUT2D eigenvalue weighted by atomic mass is 16.5. The quantitative estimate of drug-likeness (QED) is 0.493. The summed E-state index contributed by atoms with van der Waals surface area (Å²) in [5.74, 6) is 0.730. The van der Waals surface area contributed by atoms with Crippen LogP contribution >= 0.6 is 0 Å². The Morgan fingerprint density at radius 2 is 1.63 bits per heavy atom. The summed E-state index contributed by atoms with van der Waals surface area (Å²) in [4.78, 5) is 31.1. The summed E-state index contributed by atoms with van der Waals surface area (Å²) in [5, 5.41) is 3.12. The van der Waals surface area contributed by atoms with E-state index in [1.165, 1.54) is 7.11 Å². The first-order valence-electron chi connectivity index (χ1n) is 12.1. The standard InChI is InChI=1S/C27H37N3O5/c1-7-30(8-2)15-9-14-28-26(31)24-20-16-22(34-5)23(35-6)17-21(20)27(32)29(3)25(24)18-10-12-19(33-4)13-11-18/h10-13,16-17,24-25H,7-9,14-15H2,1-6H3,(H,28,31)/t24-,25-/m1/s1. The van der Waals surface area contributed by atoms with Gasteiger partial charge >= 0.3 is 0 Å². The molecule has 190 valence electrons. The van der Waals surface area contributed by atoms with Crippen molar-refractivity contribution in [2.24, 2.45) is 0 Å². The summed E-state index contributed by atoms with van der Waals surface area (Å²) >= 11 is 0. The van der Waals surface area contributed by atoms with E-state index >= 15 is 0 Å². The fourth-order valence-corrected chi connectivity index (χ4v) is 4.71. The molecule has 1 N–H and O–H groups in total. The van der Waals surface area contributed by atoms with Crippen LogP contribution in [0.4, 0.5) is 0 Å². The molecular formula is C27H37N3O5. The monoisotopic (exact) mass is 483 g/mol. The normalized spacial score (nSPS) is 17.2. The van der Waals surface area contributed by atoms with Gasteiger partial charge in [0, 0.05) is 19.2 Å². The molecule has 3 rings (SSSR count). The topological polar surface area (TPSA) is 80.3 Å². The van der Waals surface area contributed by atoms with Gasteiger partial charge in [0.1, 0.15) is 5.75 Å². The lowest BCUT2D eigenvalue weighted by Crippen LogP contribution is -2.46. The van der Waals surface area contributed by atoms with E-state index in [1.54, 1.807) is 38.3 Å². The summed E-state index contributed by atoms with van der Waals surface area (Å²) < 4.78 is 16.2. The molecule has 0 aliphatic carbocycles. The van der Waals surface area contributed by atoms with Crippen molar-refractivity contribution in [1.82, 2.24) is 15.1 Å². The van der Waals surface area contributed by atoms with Crippen LogP contribution < -0.4 is 19.5 Å². The molecule has 0 bridgehead atoms. The highest BCUT2D eigenvalue weighted by Crippen LogP contribution is 2.45. The predicted molar refractivity (Wildman–Crippen MR) is 136 cm³/mol. The molecule has 0 aromatic heterocycles. The lowest BCUT2D eigenvalue weighted by molar-refractivity contribution is -0.124. The molecule has 1 heterocycles. The first-order chi connectivity index (χ1) is 16.9. The van der Waals surface area contributed by atoms with Crippen molar-refractivity contribution in [2.45, 2.75) is 32.2 Å². The van der Waals surface area contributed by atoms with Gasteiger partial charge in [0.2, 0.25) is 5.91 Å². The van der Waals surface area contributed by atoms with Crippen LogP contribution in [0.2, 0.25) is 0 Å².